The lowest BCUT2D eigenvalue weighted by Crippen LogP contribution is -2.20. The Balaban J connectivity index is 2.09. The molecule has 90 valence electrons. The maximum atomic E-state index is 9.57. The van der Waals surface area contributed by atoms with Crippen LogP contribution < -0.4 is 0 Å². The van der Waals surface area contributed by atoms with Crippen molar-refractivity contribution in [3.63, 3.8) is 0 Å². The highest BCUT2D eigenvalue weighted by atomic mass is 14.4. The van der Waals surface area contributed by atoms with Gasteiger partial charge in [0.1, 0.15) is 0 Å². The number of unbranched alkanes of at least 4 members (excludes halogenated alkanes) is 3. The first-order valence-electron chi connectivity index (χ1n) is 6.82. The highest BCUT2D eigenvalue weighted by Crippen LogP contribution is 2.42. The van der Waals surface area contributed by atoms with Crippen molar-refractivity contribution in [3.05, 3.63) is 35.4 Å². The number of aryl methyl sites for hydroxylation is 1. The highest BCUT2D eigenvalue weighted by molar-refractivity contribution is 5.43. The summed E-state index contributed by atoms with van der Waals surface area (Å²) < 4.78 is 0. The first kappa shape index (κ1) is 12.2. The van der Waals surface area contributed by atoms with Gasteiger partial charge in [-0.1, -0.05) is 56.9 Å². The van der Waals surface area contributed by atoms with Crippen molar-refractivity contribution in [2.75, 3.05) is 0 Å². The summed E-state index contributed by atoms with van der Waals surface area (Å²) in [5.74, 6) is 0. The summed E-state index contributed by atoms with van der Waals surface area (Å²) in [7, 11) is 0. The van der Waals surface area contributed by atoms with Gasteiger partial charge in [0.2, 0.25) is 0 Å². The van der Waals surface area contributed by atoms with Crippen LogP contribution in [0.15, 0.2) is 24.3 Å². The van der Waals surface area contributed by atoms with E-state index in [1.54, 1.807) is 0 Å². The number of hydrogen-bond acceptors (Lipinski definition) is 1. The summed E-state index contributed by atoms with van der Waals surface area (Å²) in [4.78, 5) is 0. The Morgan fingerprint density at radius 3 is 2.82 bits per heavy atom. The third-order valence-electron chi connectivity index (χ3n) is 4.03. The minimum Gasteiger partial charge on any atom is -0.197 e. The molecule has 0 saturated carbocycles. The molecule has 1 aromatic carbocycles. The molecule has 1 aliphatic rings. The number of rotatable bonds is 5. The van der Waals surface area contributed by atoms with Gasteiger partial charge in [-0.2, -0.15) is 5.26 Å². The average Bonchev–Trinajstić information content (AvgIpc) is 2.75. The van der Waals surface area contributed by atoms with Crippen molar-refractivity contribution in [3.8, 4) is 6.07 Å². The SMILES string of the molecule is CCCCCCC1(C#N)CCc2ccccc21. The van der Waals surface area contributed by atoms with Crippen molar-refractivity contribution in [1.82, 2.24) is 0 Å². The molecular weight excluding hydrogens is 206 g/mol. The topological polar surface area (TPSA) is 23.8 Å². The molecule has 0 saturated heterocycles. The van der Waals surface area contributed by atoms with Crippen LogP contribution >= 0.6 is 0 Å². The second-order valence-corrected chi connectivity index (χ2v) is 5.16. The van der Waals surface area contributed by atoms with Crippen LogP contribution in [-0.4, -0.2) is 0 Å². The van der Waals surface area contributed by atoms with E-state index in [2.05, 4.69) is 37.3 Å². The van der Waals surface area contributed by atoms with E-state index in [4.69, 9.17) is 0 Å². The van der Waals surface area contributed by atoms with E-state index < -0.39 is 0 Å². The molecule has 0 bridgehead atoms. The second-order valence-electron chi connectivity index (χ2n) is 5.16. The Bertz CT molecular complexity index is 416. The lowest BCUT2D eigenvalue weighted by atomic mass is 9.79. The van der Waals surface area contributed by atoms with Crippen LogP contribution in [0.3, 0.4) is 0 Å². The summed E-state index contributed by atoms with van der Waals surface area (Å²) in [6.45, 7) is 2.23. The highest BCUT2D eigenvalue weighted by Gasteiger charge is 2.37. The third kappa shape index (κ3) is 2.36. The third-order valence-corrected chi connectivity index (χ3v) is 4.03. The fourth-order valence-electron chi connectivity index (χ4n) is 2.97. The molecule has 0 amide bonds. The monoisotopic (exact) mass is 227 g/mol. The lowest BCUT2D eigenvalue weighted by Gasteiger charge is -2.22. The van der Waals surface area contributed by atoms with Gasteiger partial charge in [0.15, 0.2) is 0 Å². The minimum atomic E-state index is -0.176. The van der Waals surface area contributed by atoms with Crippen LogP contribution in [0.5, 0.6) is 0 Å². The predicted molar refractivity (Wildman–Crippen MR) is 70.8 cm³/mol. The van der Waals surface area contributed by atoms with E-state index in [9.17, 15) is 5.26 Å². The Hall–Kier alpha value is -1.29. The van der Waals surface area contributed by atoms with Gasteiger partial charge < -0.3 is 0 Å². The van der Waals surface area contributed by atoms with Crippen molar-refractivity contribution >= 4 is 0 Å². The number of fused-ring (bicyclic) bond motifs is 1. The van der Waals surface area contributed by atoms with Crippen molar-refractivity contribution in [1.29, 1.82) is 5.26 Å². The lowest BCUT2D eigenvalue weighted by molar-refractivity contribution is 0.464. The minimum absolute atomic E-state index is 0.176. The molecule has 1 atom stereocenters. The molecule has 0 heterocycles. The van der Waals surface area contributed by atoms with Crippen LogP contribution in [0.2, 0.25) is 0 Å². The summed E-state index contributed by atoms with van der Waals surface area (Å²) in [5.41, 5.74) is 2.52. The fourth-order valence-corrected chi connectivity index (χ4v) is 2.97. The predicted octanol–water partition coefficient (Wildman–Crippen LogP) is 4.36. The van der Waals surface area contributed by atoms with Crippen LogP contribution in [0.4, 0.5) is 0 Å². The summed E-state index contributed by atoms with van der Waals surface area (Å²) in [6, 6.07) is 11.1. The van der Waals surface area contributed by atoms with Gasteiger partial charge in [-0.3, -0.25) is 0 Å². The number of nitrogens with zero attached hydrogens (tertiary/aromatic N) is 1. The molecule has 1 unspecified atom stereocenters. The molecule has 1 heteroatoms. The second kappa shape index (κ2) is 5.36. The van der Waals surface area contributed by atoms with Gasteiger partial charge in [-0.25, -0.2) is 0 Å². The maximum absolute atomic E-state index is 9.57. The smallest absolute Gasteiger partial charge is 0.0828 e. The molecule has 0 fully saturated rings. The van der Waals surface area contributed by atoms with Crippen LogP contribution in [0.25, 0.3) is 0 Å². The molecule has 2 rings (SSSR count). The standard InChI is InChI=1S/C16H21N/c1-2-3-4-7-11-16(13-17)12-10-14-8-5-6-9-15(14)16/h5-6,8-9H,2-4,7,10-12H2,1H3. The zero-order chi connectivity index (χ0) is 12.1. The van der Waals surface area contributed by atoms with Gasteiger partial charge in [0, 0.05) is 0 Å². The van der Waals surface area contributed by atoms with E-state index >= 15 is 0 Å². The van der Waals surface area contributed by atoms with Crippen LogP contribution in [0.1, 0.15) is 56.6 Å². The van der Waals surface area contributed by atoms with E-state index in [1.165, 1.54) is 36.8 Å². The molecule has 1 nitrogen and oxygen atoms in total. The van der Waals surface area contributed by atoms with E-state index in [0.29, 0.717) is 0 Å². The largest absolute Gasteiger partial charge is 0.197 e. The quantitative estimate of drug-likeness (QED) is 0.685. The summed E-state index contributed by atoms with van der Waals surface area (Å²) in [5, 5.41) is 9.57. The van der Waals surface area contributed by atoms with Crippen molar-refractivity contribution in [2.45, 2.75) is 57.3 Å². The van der Waals surface area contributed by atoms with Crippen molar-refractivity contribution < 1.29 is 0 Å². The first-order valence-corrected chi connectivity index (χ1v) is 6.82. The Kier molecular flexibility index (Phi) is 3.84. The zero-order valence-corrected chi connectivity index (χ0v) is 10.7. The number of benzene rings is 1. The Morgan fingerprint density at radius 1 is 1.24 bits per heavy atom. The zero-order valence-electron chi connectivity index (χ0n) is 10.7. The molecule has 0 radical (unpaired) electrons. The molecular formula is C16H21N. The van der Waals surface area contributed by atoms with E-state index in [1.807, 2.05) is 0 Å². The fraction of sp³-hybridized carbons (Fsp3) is 0.562. The van der Waals surface area contributed by atoms with Gasteiger partial charge in [-0.05, 0) is 30.4 Å². The molecule has 0 aromatic heterocycles. The van der Waals surface area contributed by atoms with E-state index in [-0.39, 0.29) is 5.41 Å². The molecule has 1 aliphatic carbocycles. The Morgan fingerprint density at radius 2 is 2.06 bits per heavy atom. The number of nitriles is 1. The van der Waals surface area contributed by atoms with Gasteiger partial charge in [-0.15, -0.1) is 0 Å². The summed E-state index contributed by atoms with van der Waals surface area (Å²) >= 11 is 0. The molecule has 17 heavy (non-hydrogen) atoms. The Labute approximate surface area is 104 Å². The normalized spacial score (nSPS) is 22.1. The summed E-state index contributed by atoms with van der Waals surface area (Å²) in [6.07, 6.45) is 8.16. The average molecular weight is 227 g/mol. The first-order chi connectivity index (χ1) is 8.32. The van der Waals surface area contributed by atoms with Crippen LogP contribution in [-0.2, 0) is 11.8 Å². The molecule has 0 aliphatic heterocycles. The molecule has 0 spiro atoms. The van der Waals surface area contributed by atoms with Crippen LogP contribution in [0, 0.1) is 11.3 Å². The van der Waals surface area contributed by atoms with Gasteiger partial charge in [0.05, 0.1) is 11.5 Å². The molecule has 1 aromatic rings. The van der Waals surface area contributed by atoms with Gasteiger partial charge in [0.25, 0.3) is 0 Å². The maximum Gasteiger partial charge on any atom is 0.0828 e. The van der Waals surface area contributed by atoms with Gasteiger partial charge >= 0.3 is 0 Å². The number of hydrogen-bond donors (Lipinski definition) is 0. The van der Waals surface area contributed by atoms with E-state index in [0.717, 1.165) is 19.3 Å². The molecule has 0 N–H and O–H groups in total. The van der Waals surface area contributed by atoms with Crippen molar-refractivity contribution in [2.24, 2.45) is 0 Å².